The van der Waals surface area contributed by atoms with Crippen molar-refractivity contribution in [2.45, 2.75) is 58.1 Å². The molecule has 0 aliphatic carbocycles. The van der Waals surface area contributed by atoms with Crippen molar-refractivity contribution in [3.8, 4) is 0 Å². The number of benzene rings is 2. The molecule has 0 bridgehead atoms. The van der Waals surface area contributed by atoms with E-state index >= 15 is 0 Å². The lowest BCUT2D eigenvalue weighted by Gasteiger charge is -2.37. The van der Waals surface area contributed by atoms with Crippen LogP contribution in [0.5, 0.6) is 0 Å². The maximum atomic E-state index is 13.1. The minimum Gasteiger partial charge on any atom is -0.445 e. The van der Waals surface area contributed by atoms with Gasteiger partial charge in [-0.15, -0.1) is 0 Å². The van der Waals surface area contributed by atoms with E-state index in [2.05, 4.69) is 15.5 Å². The van der Waals surface area contributed by atoms with E-state index in [9.17, 15) is 19.5 Å². The van der Waals surface area contributed by atoms with Gasteiger partial charge in [-0.3, -0.25) is 9.69 Å². The molecule has 0 saturated carbocycles. The third kappa shape index (κ3) is 10.5. The quantitative estimate of drug-likeness (QED) is 0.369. The molecule has 1 aliphatic heterocycles. The van der Waals surface area contributed by atoms with Gasteiger partial charge in [0, 0.05) is 33.2 Å². The van der Waals surface area contributed by atoms with Crippen LogP contribution in [0.2, 0.25) is 0 Å². The first-order chi connectivity index (χ1) is 19.2. The van der Waals surface area contributed by atoms with E-state index in [0.29, 0.717) is 39.0 Å². The van der Waals surface area contributed by atoms with Crippen LogP contribution >= 0.6 is 0 Å². The summed E-state index contributed by atoms with van der Waals surface area (Å²) < 4.78 is 10.7. The molecule has 218 valence electrons. The van der Waals surface area contributed by atoms with Gasteiger partial charge in [0.15, 0.2) is 0 Å². The molecule has 2 aromatic carbocycles. The number of likely N-dealkylation sites (tertiary alicyclic amines) is 1. The van der Waals surface area contributed by atoms with Gasteiger partial charge in [-0.25, -0.2) is 9.59 Å². The summed E-state index contributed by atoms with van der Waals surface area (Å²) in [5.41, 5.74) is 1.78. The van der Waals surface area contributed by atoms with Gasteiger partial charge in [0.1, 0.15) is 19.3 Å². The first-order valence-electron chi connectivity index (χ1n) is 13.8. The van der Waals surface area contributed by atoms with Crippen LogP contribution in [0.1, 0.15) is 37.8 Å². The minimum absolute atomic E-state index is 0.111. The summed E-state index contributed by atoms with van der Waals surface area (Å²) in [7, 11) is 1.68. The Bertz CT molecular complexity index is 1070. The molecule has 1 fully saturated rings. The third-order valence-corrected chi connectivity index (χ3v) is 6.79. The lowest BCUT2D eigenvalue weighted by molar-refractivity contribution is -0.125. The Morgan fingerprint density at radius 2 is 1.60 bits per heavy atom. The van der Waals surface area contributed by atoms with Crippen molar-refractivity contribution < 1.29 is 29.0 Å². The molecular formula is C30H42N4O6. The highest BCUT2D eigenvalue weighted by molar-refractivity contribution is 5.85. The summed E-state index contributed by atoms with van der Waals surface area (Å²) in [5, 5.41) is 16.4. The fourth-order valence-electron chi connectivity index (χ4n) is 4.47. The van der Waals surface area contributed by atoms with Gasteiger partial charge in [-0.05, 0) is 29.9 Å². The van der Waals surface area contributed by atoms with Crippen LogP contribution in [0.3, 0.4) is 0 Å². The number of carbonyl (C=O) groups is 3. The standard InChI is InChI=1S/C30H42N4O6/c1-22(2)18-26(32-29(37)39-20-23-10-6-4-7-11-23)28(36)31-25-14-15-34(19-27(25)35)17-16-33(3)30(38)40-21-24-12-8-5-9-13-24/h4-13,22,25-27,35H,14-21H2,1-3H3,(H,31,36)(H,32,37)/t25?,26-,27?/m0/s1. The van der Waals surface area contributed by atoms with Crippen LogP contribution < -0.4 is 10.6 Å². The number of piperidine rings is 1. The van der Waals surface area contributed by atoms with Crippen molar-refractivity contribution in [3.63, 3.8) is 0 Å². The molecule has 1 heterocycles. The molecule has 10 heteroatoms. The number of rotatable bonds is 12. The zero-order chi connectivity index (χ0) is 28.9. The second-order valence-electron chi connectivity index (χ2n) is 10.6. The van der Waals surface area contributed by atoms with Crippen LogP contribution in [0.15, 0.2) is 60.7 Å². The van der Waals surface area contributed by atoms with E-state index in [4.69, 9.17) is 9.47 Å². The SMILES string of the molecule is CC(C)C[C@H](NC(=O)OCc1ccccc1)C(=O)NC1CCN(CCN(C)C(=O)OCc2ccccc2)CC1O. The van der Waals surface area contributed by atoms with E-state index in [-0.39, 0.29) is 25.0 Å². The largest absolute Gasteiger partial charge is 0.445 e. The van der Waals surface area contributed by atoms with Crippen LogP contribution in [0.4, 0.5) is 9.59 Å². The number of nitrogens with zero attached hydrogens (tertiary/aromatic N) is 2. The molecule has 2 aromatic rings. The van der Waals surface area contributed by atoms with Crippen LogP contribution in [0.25, 0.3) is 0 Å². The Hall–Kier alpha value is -3.63. The first kappa shape index (κ1) is 30.9. The Labute approximate surface area is 236 Å². The smallest absolute Gasteiger partial charge is 0.409 e. The fourth-order valence-corrected chi connectivity index (χ4v) is 4.47. The zero-order valence-electron chi connectivity index (χ0n) is 23.6. The van der Waals surface area contributed by atoms with E-state index in [1.807, 2.05) is 74.5 Å². The van der Waals surface area contributed by atoms with Crippen molar-refractivity contribution in [3.05, 3.63) is 71.8 Å². The van der Waals surface area contributed by atoms with Crippen LogP contribution in [0, 0.1) is 5.92 Å². The number of carbonyl (C=O) groups excluding carboxylic acids is 3. The average Bonchev–Trinajstić information content (AvgIpc) is 2.95. The normalized spacial score (nSPS) is 18.0. The van der Waals surface area contributed by atoms with E-state index in [1.54, 1.807) is 7.05 Å². The minimum atomic E-state index is -0.780. The van der Waals surface area contributed by atoms with Crippen molar-refractivity contribution in [1.29, 1.82) is 0 Å². The molecule has 0 spiro atoms. The first-order valence-corrected chi connectivity index (χ1v) is 13.8. The van der Waals surface area contributed by atoms with Gasteiger partial charge in [0.2, 0.25) is 5.91 Å². The summed E-state index contributed by atoms with van der Waals surface area (Å²) >= 11 is 0. The lowest BCUT2D eigenvalue weighted by Crippen LogP contribution is -2.58. The average molecular weight is 555 g/mol. The predicted octanol–water partition coefficient (Wildman–Crippen LogP) is 3.15. The number of amides is 3. The fraction of sp³-hybridized carbons (Fsp3) is 0.500. The predicted molar refractivity (Wildman–Crippen MR) is 151 cm³/mol. The molecule has 0 aromatic heterocycles. The lowest BCUT2D eigenvalue weighted by atomic mass is 9.99. The van der Waals surface area contributed by atoms with E-state index in [1.165, 1.54) is 4.90 Å². The number of hydrogen-bond donors (Lipinski definition) is 3. The van der Waals surface area contributed by atoms with Gasteiger partial charge in [0.25, 0.3) is 0 Å². The monoisotopic (exact) mass is 554 g/mol. The Morgan fingerprint density at radius 3 is 2.17 bits per heavy atom. The topological polar surface area (TPSA) is 120 Å². The summed E-state index contributed by atoms with van der Waals surface area (Å²) in [6.07, 6.45) is -0.864. The number of ether oxygens (including phenoxy) is 2. The van der Waals surface area contributed by atoms with Crippen molar-refractivity contribution in [2.24, 2.45) is 5.92 Å². The number of nitrogens with one attached hydrogen (secondary N) is 2. The maximum absolute atomic E-state index is 13.1. The summed E-state index contributed by atoms with van der Waals surface area (Å²) in [6.45, 7) is 6.29. The van der Waals surface area contributed by atoms with E-state index < -0.39 is 30.4 Å². The van der Waals surface area contributed by atoms with E-state index in [0.717, 1.165) is 11.1 Å². The maximum Gasteiger partial charge on any atom is 0.409 e. The molecule has 1 aliphatic rings. The summed E-state index contributed by atoms with van der Waals surface area (Å²) in [4.78, 5) is 41.3. The number of β-amino-alcohol motifs (C(OH)–C–C–N with tert-alkyl or cyclic N) is 1. The highest BCUT2D eigenvalue weighted by Crippen LogP contribution is 2.13. The van der Waals surface area contributed by atoms with Crippen molar-refractivity contribution >= 4 is 18.1 Å². The molecule has 1 saturated heterocycles. The Balaban J connectivity index is 1.41. The van der Waals surface area contributed by atoms with Gasteiger partial charge in [-0.2, -0.15) is 0 Å². The zero-order valence-corrected chi connectivity index (χ0v) is 23.6. The molecule has 3 rings (SSSR count). The molecule has 10 nitrogen and oxygen atoms in total. The molecule has 40 heavy (non-hydrogen) atoms. The number of aliphatic hydroxyl groups excluding tert-OH is 1. The molecule has 3 atom stereocenters. The molecule has 2 unspecified atom stereocenters. The highest BCUT2D eigenvalue weighted by atomic mass is 16.6. The molecular weight excluding hydrogens is 512 g/mol. The van der Waals surface area contributed by atoms with Gasteiger partial charge in [-0.1, -0.05) is 74.5 Å². The number of likely N-dealkylation sites (N-methyl/N-ethyl adjacent to an activating group) is 1. The number of hydrogen-bond acceptors (Lipinski definition) is 7. The highest BCUT2D eigenvalue weighted by Gasteiger charge is 2.32. The second-order valence-corrected chi connectivity index (χ2v) is 10.6. The van der Waals surface area contributed by atoms with Crippen molar-refractivity contribution in [1.82, 2.24) is 20.4 Å². The summed E-state index contributed by atoms with van der Waals surface area (Å²) in [6, 6.07) is 17.6. The Kier molecular flexibility index (Phi) is 12.2. The number of aliphatic hydroxyl groups is 1. The number of alkyl carbamates (subject to hydrolysis) is 1. The molecule has 0 radical (unpaired) electrons. The molecule has 3 N–H and O–H groups in total. The van der Waals surface area contributed by atoms with Crippen molar-refractivity contribution in [2.75, 3.05) is 33.2 Å². The second kappa shape index (κ2) is 15.8. The molecule has 3 amide bonds. The summed E-state index contributed by atoms with van der Waals surface area (Å²) in [5.74, 6) is -0.183. The Morgan fingerprint density at radius 1 is 1.00 bits per heavy atom. The van der Waals surface area contributed by atoms with Crippen LogP contribution in [-0.2, 0) is 27.5 Å². The third-order valence-electron chi connectivity index (χ3n) is 6.79. The van der Waals surface area contributed by atoms with Gasteiger partial charge in [0.05, 0.1) is 12.1 Å². The van der Waals surface area contributed by atoms with Crippen LogP contribution in [-0.4, -0.2) is 84.4 Å². The van der Waals surface area contributed by atoms with Gasteiger partial charge >= 0.3 is 12.2 Å². The van der Waals surface area contributed by atoms with Gasteiger partial charge < -0.3 is 30.1 Å².